The molecule has 1 aliphatic rings. The number of alkyl halides is 3. The van der Waals surface area contributed by atoms with Gasteiger partial charge in [0.2, 0.25) is 5.91 Å². The summed E-state index contributed by atoms with van der Waals surface area (Å²) in [5, 5.41) is 0. The maximum atomic E-state index is 13.7. The molecule has 0 atom stereocenters. The summed E-state index contributed by atoms with van der Waals surface area (Å²) in [5.74, 6) is -2.21. The number of anilines is 1. The van der Waals surface area contributed by atoms with Gasteiger partial charge in [-0.15, -0.1) is 11.3 Å². The molecule has 0 radical (unpaired) electrons. The lowest BCUT2D eigenvalue weighted by Crippen LogP contribution is -2.41. The zero-order chi connectivity index (χ0) is 29.1. The molecule has 1 fully saturated rings. The van der Waals surface area contributed by atoms with Crippen LogP contribution in [0.25, 0.3) is 32.9 Å². The fourth-order valence-corrected chi connectivity index (χ4v) is 6.28. The van der Waals surface area contributed by atoms with Gasteiger partial charge in [-0.2, -0.15) is 13.2 Å². The average molecular weight is 587 g/mol. The highest BCUT2D eigenvalue weighted by Gasteiger charge is 2.43. The molecule has 4 aromatic rings. The monoisotopic (exact) mass is 586 g/mol. The summed E-state index contributed by atoms with van der Waals surface area (Å²) in [6.07, 6.45) is -2.48. The SMILES string of the molecule is COCCN(c1cc(-c2ccc(-c3cc4ncccc4o3)cc2)sc1C(=O)OC)C(=O)[C@H]1CC[C@H](C(F)(F)F)CC1. The lowest BCUT2D eigenvalue weighted by atomic mass is 9.81. The van der Waals surface area contributed by atoms with Gasteiger partial charge >= 0.3 is 12.1 Å². The number of hydrogen-bond acceptors (Lipinski definition) is 7. The highest BCUT2D eigenvalue weighted by molar-refractivity contribution is 7.18. The molecule has 0 aliphatic heterocycles. The van der Waals surface area contributed by atoms with E-state index < -0.39 is 24.0 Å². The van der Waals surface area contributed by atoms with Gasteiger partial charge in [0, 0.05) is 42.3 Å². The van der Waals surface area contributed by atoms with Crippen molar-refractivity contribution < 1.29 is 36.7 Å². The Bertz CT molecular complexity index is 1490. The molecule has 1 amide bonds. The number of aromatic nitrogens is 1. The number of rotatable bonds is 8. The fourth-order valence-electron chi connectivity index (χ4n) is 5.19. The first kappa shape index (κ1) is 28.8. The summed E-state index contributed by atoms with van der Waals surface area (Å²) in [5.41, 5.74) is 3.47. The maximum Gasteiger partial charge on any atom is 0.391 e. The van der Waals surface area contributed by atoms with Crippen LogP contribution in [0.5, 0.6) is 0 Å². The Hall–Kier alpha value is -3.70. The third-order valence-electron chi connectivity index (χ3n) is 7.44. The molecule has 7 nitrogen and oxygen atoms in total. The molecule has 5 rings (SSSR count). The van der Waals surface area contributed by atoms with E-state index in [0.717, 1.165) is 21.5 Å². The van der Waals surface area contributed by atoms with E-state index in [4.69, 9.17) is 13.9 Å². The van der Waals surface area contributed by atoms with E-state index in [0.29, 0.717) is 17.0 Å². The lowest BCUT2D eigenvalue weighted by Gasteiger charge is -2.32. The van der Waals surface area contributed by atoms with Crippen LogP contribution in [-0.4, -0.2) is 50.4 Å². The largest absolute Gasteiger partial charge is 0.465 e. The van der Waals surface area contributed by atoms with Crippen LogP contribution in [0.2, 0.25) is 0 Å². The molecule has 3 aromatic heterocycles. The predicted octanol–water partition coefficient (Wildman–Crippen LogP) is 7.36. The Morgan fingerprint density at radius 1 is 1.05 bits per heavy atom. The van der Waals surface area contributed by atoms with Gasteiger partial charge in [0.25, 0.3) is 0 Å². The van der Waals surface area contributed by atoms with Gasteiger partial charge < -0.3 is 18.8 Å². The number of ether oxygens (including phenoxy) is 2. The molecule has 0 bridgehead atoms. The number of carbonyl (C=O) groups is 2. The standard InChI is InChI=1S/C30H29F3N2O5S/c1-38-15-14-35(28(36)20-9-11-21(12-10-20)30(31,32)33)23-17-26(41-27(23)29(37)39-2)19-7-5-18(6-8-19)25-16-22-24(40-25)4-3-13-34-22/h3-8,13,16-17,20-21H,9-12,14-15H2,1-2H3/t20-,21-. The second-order valence-corrected chi connectivity index (χ2v) is 11.0. The molecular weight excluding hydrogens is 557 g/mol. The van der Waals surface area contributed by atoms with E-state index in [-0.39, 0.29) is 49.6 Å². The third-order valence-corrected chi connectivity index (χ3v) is 8.59. The Morgan fingerprint density at radius 2 is 1.76 bits per heavy atom. The molecule has 0 saturated heterocycles. The Balaban J connectivity index is 1.43. The van der Waals surface area contributed by atoms with Crippen molar-refractivity contribution >= 4 is 40.0 Å². The van der Waals surface area contributed by atoms with Crippen molar-refractivity contribution in [2.75, 3.05) is 32.3 Å². The molecule has 1 aromatic carbocycles. The van der Waals surface area contributed by atoms with Gasteiger partial charge in [0.15, 0.2) is 5.58 Å². The van der Waals surface area contributed by atoms with E-state index in [1.54, 1.807) is 18.3 Å². The minimum Gasteiger partial charge on any atom is -0.465 e. The molecule has 0 unspecified atom stereocenters. The number of nitrogens with zero attached hydrogens (tertiary/aromatic N) is 2. The zero-order valence-electron chi connectivity index (χ0n) is 22.6. The molecule has 3 heterocycles. The Kier molecular flexibility index (Phi) is 8.46. The fraction of sp³-hybridized carbons (Fsp3) is 0.367. The molecule has 11 heteroatoms. The lowest BCUT2D eigenvalue weighted by molar-refractivity contribution is -0.184. The molecule has 1 saturated carbocycles. The highest BCUT2D eigenvalue weighted by Crippen LogP contribution is 2.42. The van der Waals surface area contributed by atoms with Crippen molar-refractivity contribution in [3.05, 3.63) is 59.6 Å². The van der Waals surface area contributed by atoms with E-state index in [1.807, 2.05) is 36.4 Å². The van der Waals surface area contributed by atoms with Crippen LogP contribution < -0.4 is 4.90 Å². The van der Waals surface area contributed by atoms with E-state index >= 15 is 0 Å². The Labute approximate surface area is 238 Å². The normalized spacial score (nSPS) is 17.5. The smallest absolute Gasteiger partial charge is 0.391 e. The summed E-state index contributed by atoms with van der Waals surface area (Å²) >= 11 is 1.19. The minimum absolute atomic E-state index is 0.0928. The van der Waals surface area contributed by atoms with Crippen molar-refractivity contribution in [2.24, 2.45) is 11.8 Å². The molecule has 1 aliphatic carbocycles. The number of thiophene rings is 1. The number of furan rings is 1. The number of methoxy groups -OCH3 is 2. The summed E-state index contributed by atoms with van der Waals surface area (Å²) in [4.78, 5) is 33.2. The van der Waals surface area contributed by atoms with Crippen LogP contribution in [0.4, 0.5) is 18.9 Å². The summed E-state index contributed by atoms with van der Waals surface area (Å²) in [7, 11) is 2.76. The van der Waals surface area contributed by atoms with Gasteiger partial charge in [-0.1, -0.05) is 24.3 Å². The van der Waals surface area contributed by atoms with Gasteiger partial charge in [0.05, 0.1) is 25.3 Å². The Morgan fingerprint density at radius 3 is 2.39 bits per heavy atom. The second kappa shape index (κ2) is 12.0. The van der Waals surface area contributed by atoms with Crippen molar-refractivity contribution in [3.63, 3.8) is 0 Å². The van der Waals surface area contributed by atoms with Gasteiger partial charge in [-0.05, 0) is 49.4 Å². The van der Waals surface area contributed by atoms with E-state index in [2.05, 4.69) is 4.98 Å². The van der Waals surface area contributed by atoms with Crippen LogP contribution in [0.1, 0.15) is 35.4 Å². The topological polar surface area (TPSA) is 81.9 Å². The van der Waals surface area contributed by atoms with Crippen LogP contribution in [-0.2, 0) is 14.3 Å². The first-order valence-corrected chi connectivity index (χ1v) is 14.1. The molecule has 0 N–H and O–H groups in total. The first-order chi connectivity index (χ1) is 19.7. The second-order valence-electron chi connectivity index (χ2n) is 9.96. The van der Waals surface area contributed by atoms with Crippen LogP contribution in [0, 0.1) is 11.8 Å². The van der Waals surface area contributed by atoms with E-state index in [9.17, 15) is 22.8 Å². The van der Waals surface area contributed by atoms with Gasteiger partial charge in [-0.3, -0.25) is 9.78 Å². The van der Waals surface area contributed by atoms with Gasteiger partial charge in [0.1, 0.15) is 16.2 Å². The van der Waals surface area contributed by atoms with E-state index in [1.165, 1.54) is 30.5 Å². The summed E-state index contributed by atoms with van der Waals surface area (Å²) in [6, 6.07) is 14.9. The molecule has 41 heavy (non-hydrogen) atoms. The minimum atomic E-state index is -4.26. The molecule has 216 valence electrons. The molecular formula is C30H29F3N2O5S. The average Bonchev–Trinajstić information content (AvgIpc) is 3.62. The number of fused-ring (bicyclic) bond motifs is 1. The van der Waals surface area contributed by atoms with Crippen molar-refractivity contribution in [2.45, 2.75) is 31.9 Å². The quantitative estimate of drug-likeness (QED) is 0.201. The zero-order valence-corrected chi connectivity index (χ0v) is 23.4. The van der Waals surface area contributed by atoms with Crippen LogP contribution in [0.15, 0.2) is 59.1 Å². The van der Waals surface area contributed by atoms with Crippen LogP contribution in [0.3, 0.4) is 0 Å². The number of halogens is 3. The number of hydrogen-bond donors (Lipinski definition) is 0. The third kappa shape index (κ3) is 6.15. The number of pyridine rings is 1. The van der Waals surface area contributed by atoms with Crippen molar-refractivity contribution in [1.29, 1.82) is 0 Å². The van der Waals surface area contributed by atoms with Crippen molar-refractivity contribution in [3.8, 4) is 21.8 Å². The maximum absolute atomic E-state index is 13.7. The number of esters is 1. The van der Waals surface area contributed by atoms with Crippen LogP contribution >= 0.6 is 11.3 Å². The predicted molar refractivity (Wildman–Crippen MR) is 150 cm³/mol. The summed E-state index contributed by atoms with van der Waals surface area (Å²) in [6.45, 7) is 0.338. The highest BCUT2D eigenvalue weighted by atomic mass is 32.1. The number of amides is 1. The first-order valence-electron chi connectivity index (χ1n) is 13.2. The number of carbonyl (C=O) groups excluding carboxylic acids is 2. The number of benzene rings is 1. The van der Waals surface area contributed by atoms with Gasteiger partial charge in [-0.25, -0.2) is 4.79 Å². The summed E-state index contributed by atoms with van der Waals surface area (Å²) < 4.78 is 55.8. The molecule has 0 spiro atoms. The van der Waals surface area contributed by atoms with Crippen molar-refractivity contribution in [1.82, 2.24) is 4.98 Å².